The Balaban J connectivity index is 2.84. The molecule has 0 saturated carbocycles. The van der Waals surface area contributed by atoms with Gasteiger partial charge in [0.1, 0.15) is 5.75 Å². The second-order valence-electron chi connectivity index (χ2n) is 5.47. The highest BCUT2D eigenvalue weighted by atomic mass is 16.3. The molecule has 0 amide bonds. The molecule has 0 aliphatic heterocycles. The number of phenols is 1. The Hall–Kier alpha value is -0.980. The van der Waals surface area contributed by atoms with Crippen LogP contribution in [0.3, 0.4) is 0 Å². The largest absolute Gasteiger partial charge is 0.508 e. The Morgan fingerprint density at radius 1 is 0.789 bits per heavy atom. The monoisotopic (exact) mass is 262 g/mol. The number of hydrogen-bond acceptors (Lipinski definition) is 1. The van der Waals surface area contributed by atoms with Gasteiger partial charge in [0.05, 0.1) is 0 Å². The first-order chi connectivity index (χ1) is 9.24. The summed E-state index contributed by atoms with van der Waals surface area (Å²) < 4.78 is 0. The maximum absolute atomic E-state index is 10.2. The van der Waals surface area contributed by atoms with Crippen molar-refractivity contribution < 1.29 is 5.11 Å². The molecule has 0 heterocycles. The van der Waals surface area contributed by atoms with Gasteiger partial charge in [-0.2, -0.15) is 0 Å². The summed E-state index contributed by atoms with van der Waals surface area (Å²) in [6.45, 7) is 6.68. The summed E-state index contributed by atoms with van der Waals surface area (Å²) in [4.78, 5) is 0. The van der Waals surface area contributed by atoms with Gasteiger partial charge in [-0.15, -0.1) is 0 Å². The normalized spacial score (nSPS) is 10.9. The highest BCUT2D eigenvalue weighted by molar-refractivity contribution is 5.44. The second-order valence-corrected chi connectivity index (χ2v) is 5.47. The maximum Gasteiger partial charge on any atom is 0.119 e. The number of rotatable bonds is 9. The summed E-state index contributed by atoms with van der Waals surface area (Å²) in [6.07, 6.45) is 10.7. The van der Waals surface area contributed by atoms with Gasteiger partial charge >= 0.3 is 0 Å². The van der Waals surface area contributed by atoms with Gasteiger partial charge in [-0.3, -0.25) is 0 Å². The lowest BCUT2D eigenvalue weighted by molar-refractivity contribution is 0.464. The molecule has 0 fully saturated rings. The van der Waals surface area contributed by atoms with Gasteiger partial charge in [-0.25, -0.2) is 0 Å². The summed E-state index contributed by atoms with van der Waals surface area (Å²) in [5.74, 6) is 0.514. The average Bonchev–Trinajstić information content (AvgIpc) is 2.43. The van der Waals surface area contributed by atoms with Crippen LogP contribution in [-0.4, -0.2) is 5.11 Å². The van der Waals surface area contributed by atoms with E-state index < -0.39 is 0 Å². The van der Waals surface area contributed by atoms with E-state index in [0.29, 0.717) is 5.75 Å². The zero-order valence-corrected chi connectivity index (χ0v) is 13.0. The Bertz CT molecular complexity index is 368. The second kappa shape index (κ2) is 9.01. The molecule has 1 aromatic rings. The third-order valence-corrected chi connectivity index (χ3v) is 3.95. The van der Waals surface area contributed by atoms with E-state index in [-0.39, 0.29) is 0 Å². The summed E-state index contributed by atoms with van der Waals surface area (Å²) >= 11 is 0. The average molecular weight is 262 g/mol. The van der Waals surface area contributed by atoms with Crippen LogP contribution in [0.4, 0.5) is 0 Å². The molecule has 1 heteroatoms. The fourth-order valence-corrected chi connectivity index (χ4v) is 2.73. The van der Waals surface area contributed by atoms with Gasteiger partial charge in [0, 0.05) is 0 Å². The van der Waals surface area contributed by atoms with Gasteiger partial charge in [-0.1, -0.05) is 52.5 Å². The molecule has 0 atom stereocenters. The Labute approximate surface area is 119 Å². The third kappa shape index (κ3) is 4.89. The number of phenolic OH excluding ortho intramolecular Hbond substituents is 1. The zero-order chi connectivity index (χ0) is 14.1. The van der Waals surface area contributed by atoms with Crippen molar-refractivity contribution in [2.75, 3.05) is 0 Å². The molecule has 1 N–H and O–H groups in total. The Kier molecular flexibility index (Phi) is 7.62. The molecule has 0 aliphatic rings. The van der Waals surface area contributed by atoms with E-state index >= 15 is 0 Å². The van der Waals surface area contributed by atoms with Crippen LogP contribution < -0.4 is 0 Å². The molecule has 0 spiro atoms. The van der Waals surface area contributed by atoms with Crippen molar-refractivity contribution in [2.45, 2.75) is 78.6 Å². The van der Waals surface area contributed by atoms with Crippen LogP contribution in [0.1, 0.15) is 76.0 Å². The molecule has 0 unspecified atom stereocenters. The van der Waals surface area contributed by atoms with E-state index in [4.69, 9.17) is 0 Å². The molecule has 1 nitrogen and oxygen atoms in total. The molecule has 0 aromatic heterocycles. The topological polar surface area (TPSA) is 20.2 Å². The summed E-state index contributed by atoms with van der Waals surface area (Å²) in [7, 11) is 0. The fraction of sp³-hybridized carbons (Fsp3) is 0.667. The fourth-order valence-electron chi connectivity index (χ4n) is 2.73. The van der Waals surface area contributed by atoms with E-state index in [9.17, 15) is 5.11 Å². The molecule has 1 rings (SSSR count). The van der Waals surface area contributed by atoms with E-state index in [1.54, 1.807) is 0 Å². The predicted molar refractivity (Wildman–Crippen MR) is 83.9 cm³/mol. The van der Waals surface area contributed by atoms with Crippen LogP contribution in [0, 0.1) is 0 Å². The predicted octanol–water partition coefficient (Wildman–Crippen LogP) is 5.42. The first-order valence-corrected chi connectivity index (χ1v) is 8.07. The van der Waals surface area contributed by atoms with Crippen LogP contribution in [0.2, 0.25) is 0 Å². The minimum Gasteiger partial charge on any atom is -0.508 e. The molecule has 0 bridgehead atoms. The molecule has 0 radical (unpaired) electrons. The highest BCUT2D eigenvalue weighted by Crippen LogP contribution is 2.28. The van der Waals surface area contributed by atoms with Crippen LogP contribution in [0.5, 0.6) is 5.75 Å². The molecule has 0 saturated heterocycles. The molecule has 0 aliphatic carbocycles. The van der Waals surface area contributed by atoms with Crippen LogP contribution >= 0.6 is 0 Å². The van der Waals surface area contributed by atoms with Crippen molar-refractivity contribution in [3.8, 4) is 5.75 Å². The van der Waals surface area contributed by atoms with Gasteiger partial charge in [0.15, 0.2) is 0 Å². The number of hydrogen-bond donors (Lipinski definition) is 1. The first kappa shape index (κ1) is 16.1. The minimum atomic E-state index is 0.514. The van der Waals surface area contributed by atoms with E-state index in [0.717, 1.165) is 19.3 Å². The molecule has 108 valence electrons. The van der Waals surface area contributed by atoms with Crippen molar-refractivity contribution in [3.05, 3.63) is 28.8 Å². The van der Waals surface area contributed by atoms with Gasteiger partial charge in [-0.05, 0) is 54.9 Å². The standard InChI is InChI=1S/C18H30O/c1-4-7-9-10-12-17-16(11-8-5-2)15(6-3)13-14-18(17)19/h13-14,19H,4-12H2,1-3H3. The van der Waals surface area contributed by atoms with Gasteiger partial charge < -0.3 is 5.11 Å². The third-order valence-electron chi connectivity index (χ3n) is 3.95. The summed E-state index contributed by atoms with van der Waals surface area (Å²) in [6, 6.07) is 4.00. The number of aryl methyl sites for hydroxylation is 1. The van der Waals surface area contributed by atoms with Gasteiger partial charge in [0.2, 0.25) is 0 Å². The SMILES string of the molecule is CCCCCCc1c(O)ccc(CC)c1CCCC. The lowest BCUT2D eigenvalue weighted by Crippen LogP contribution is -2.01. The number of benzene rings is 1. The van der Waals surface area contributed by atoms with Crippen molar-refractivity contribution in [1.82, 2.24) is 0 Å². The van der Waals surface area contributed by atoms with Crippen LogP contribution in [-0.2, 0) is 19.3 Å². The molecule has 1 aromatic carbocycles. The van der Waals surface area contributed by atoms with Crippen molar-refractivity contribution in [1.29, 1.82) is 0 Å². The molecular formula is C18H30O. The Morgan fingerprint density at radius 3 is 2.11 bits per heavy atom. The highest BCUT2D eigenvalue weighted by Gasteiger charge is 2.11. The molecule has 19 heavy (non-hydrogen) atoms. The van der Waals surface area contributed by atoms with Crippen LogP contribution in [0.25, 0.3) is 0 Å². The lowest BCUT2D eigenvalue weighted by atomic mass is 9.91. The van der Waals surface area contributed by atoms with Crippen molar-refractivity contribution in [2.24, 2.45) is 0 Å². The first-order valence-electron chi connectivity index (χ1n) is 8.07. The van der Waals surface area contributed by atoms with E-state index in [1.165, 1.54) is 55.2 Å². The van der Waals surface area contributed by atoms with Crippen LogP contribution in [0.15, 0.2) is 12.1 Å². The zero-order valence-electron chi connectivity index (χ0n) is 13.0. The number of unbranched alkanes of at least 4 members (excludes halogenated alkanes) is 4. The maximum atomic E-state index is 10.2. The van der Waals surface area contributed by atoms with Crippen molar-refractivity contribution >= 4 is 0 Å². The molecular weight excluding hydrogens is 232 g/mol. The number of aromatic hydroxyl groups is 1. The Morgan fingerprint density at radius 2 is 1.47 bits per heavy atom. The van der Waals surface area contributed by atoms with E-state index in [1.807, 2.05) is 6.07 Å². The lowest BCUT2D eigenvalue weighted by Gasteiger charge is -2.15. The van der Waals surface area contributed by atoms with Gasteiger partial charge in [0.25, 0.3) is 0 Å². The summed E-state index contributed by atoms with van der Waals surface area (Å²) in [5.41, 5.74) is 4.08. The summed E-state index contributed by atoms with van der Waals surface area (Å²) in [5, 5.41) is 10.2. The van der Waals surface area contributed by atoms with E-state index in [2.05, 4.69) is 26.8 Å². The minimum absolute atomic E-state index is 0.514. The smallest absolute Gasteiger partial charge is 0.119 e. The quantitative estimate of drug-likeness (QED) is 0.589. The van der Waals surface area contributed by atoms with Crippen molar-refractivity contribution in [3.63, 3.8) is 0 Å².